The maximum Gasteiger partial charge on any atom is 0.253 e. The van der Waals surface area contributed by atoms with E-state index in [4.69, 9.17) is 0 Å². The van der Waals surface area contributed by atoms with Crippen LogP contribution in [0, 0.1) is 6.92 Å². The van der Waals surface area contributed by atoms with E-state index in [2.05, 4.69) is 9.80 Å². The van der Waals surface area contributed by atoms with Gasteiger partial charge in [-0.1, -0.05) is 0 Å². The van der Waals surface area contributed by atoms with E-state index in [9.17, 15) is 13.2 Å². The van der Waals surface area contributed by atoms with Crippen molar-refractivity contribution >= 4 is 27.3 Å². The molecule has 0 aromatic carbocycles. The molecular weight excluding hydrogens is 408 g/mol. The second-order valence-electron chi connectivity index (χ2n) is 8.35. The molecule has 1 amide bonds. The summed E-state index contributed by atoms with van der Waals surface area (Å²) in [5.41, 5.74) is 0. The van der Waals surface area contributed by atoms with E-state index in [1.165, 1.54) is 41.6 Å². The molecule has 4 heterocycles. The Bertz CT molecular complexity index is 811. The smallest absolute Gasteiger partial charge is 0.253 e. The van der Waals surface area contributed by atoms with Gasteiger partial charge in [0.1, 0.15) is 10.3 Å². The van der Waals surface area contributed by atoms with Crippen molar-refractivity contribution in [1.82, 2.24) is 19.0 Å². The van der Waals surface area contributed by atoms with Crippen molar-refractivity contribution in [2.24, 2.45) is 0 Å². The van der Waals surface area contributed by atoms with Gasteiger partial charge in [-0.2, -0.15) is 4.31 Å². The fraction of sp³-hybridized carbons (Fsp3) is 0.750. The number of rotatable bonds is 6. The molecule has 0 N–H and O–H groups in total. The highest BCUT2D eigenvalue weighted by Gasteiger charge is 2.42. The summed E-state index contributed by atoms with van der Waals surface area (Å²) < 4.78 is 27.9. The Kier molecular flexibility index (Phi) is 6.60. The topological polar surface area (TPSA) is 64.2 Å². The third-order valence-electron chi connectivity index (χ3n) is 6.38. The van der Waals surface area contributed by atoms with Gasteiger partial charge in [0.25, 0.3) is 10.0 Å². The van der Waals surface area contributed by atoms with Crippen LogP contribution in [0.2, 0.25) is 0 Å². The molecule has 0 saturated carbocycles. The molecule has 1 atom stereocenters. The van der Waals surface area contributed by atoms with Gasteiger partial charge in [-0.05, 0) is 57.8 Å². The molecule has 3 aliphatic heterocycles. The zero-order valence-corrected chi connectivity index (χ0v) is 18.9. The molecule has 9 heteroatoms. The van der Waals surface area contributed by atoms with E-state index in [-0.39, 0.29) is 5.91 Å². The van der Waals surface area contributed by atoms with Crippen LogP contribution in [0.3, 0.4) is 0 Å². The number of aryl methyl sites for hydroxylation is 1. The van der Waals surface area contributed by atoms with Gasteiger partial charge < -0.3 is 9.80 Å². The number of amides is 1. The third-order valence-corrected chi connectivity index (χ3v) is 9.76. The number of piperazine rings is 1. The second kappa shape index (κ2) is 9.01. The molecule has 0 radical (unpaired) electrons. The van der Waals surface area contributed by atoms with Crippen LogP contribution < -0.4 is 0 Å². The van der Waals surface area contributed by atoms with Crippen molar-refractivity contribution in [3.05, 3.63) is 17.0 Å². The number of hydrogen-bond acceptors (Lipinski definition) is 6. The van der Waals surface area contributed by atoms with Gasteiger partial charge in [0.05, 0.1) is 0 Å². The van der Waals surface area contributed by atoms with E-state index in [0.717, 1.165) is 37.5 Å². The first kappa shape index (κ1) is 21.2. The summed E-state index contributed by atoms with van der Waals surface area (Å²) in [7, 11) is -3.59. The first-order valence-corrected chi connectivity index (χ1v) is 13.0. The molecule has 3 fully saturated rings. The van der Waals surface area contributed by atoms with Crippen molar-refractivity contribution < 1.29 is 13.2 Å². The highest BCUT2D eigenvalue weighted by molar-refractivity contribution is 7.91. The van der Waals surface area contributed by atoms with Crippen molar-refractivity contribution in [1.29, 1.82) is 0 Å². The van der Waals surface area contributed by atoms with Gasteiger partial charge in [0, 0.05) is 50.7 Å². The largest absolute Gasteiger partial charge is 0.339 e. The Morgan fingerprint density at radius 3 is 2.24 bits per heavy atom. The normalized spacial score (nSPS) is 25.1. The number of carbonyl (C=O) groups excluding carboxylic acids is 1. The first-order valence-electron chi connectivity index (χ1n) is 10.8. The second-order valence-corrected chi connectivity index (χ2v) is 11.8. The number of nitrogens with zero attached hydrogens (tertiary/aromatic N) is 4. The molecule has 162 valence electrons. The van der Waals surface area contributed by atoms with E-state index in [1.807, 2.05) is 17.9 Å². The minimum absolute atomic E-state index is 0.0152. The lowest BCUT2D eigenvalue weighted by atomic mass is 10.2. The minimum Gasteiger partial charge on any atom is -0.339 e. The third kappa shape index (κ3) is 4.69. The zero-order chi connectivity index (χ0) is 20.4. The predicted octanol–water partition coefficient (Wildman–Crippen LogP) is 1.45. The number of carbonyl (C=O) groups is 1. The Balaban J connectivity index is 1.33. The van der Waals surface area contributed by atoms with E-state index in [0.29, 0.717) is 30.3 Å². The van der Waals surface area contributed by atoms with E-state index in [1.54, 1.807) is 6.07 Å². The molecule has 29 heavy (non-hydrogen) atoms. The maximum absolute atomic E-state index is 13.2. The van der Waals surface area contributed by atoms with Gasteiger partial charge in [-0.25, -0.2) is 8.42 Å². The van der Waals surface area contributed by atoms with Crippen LogP contribution in [0.15, 0.2) is 16.3 Å². The molecule has 0 spiro atoms. The summed E-state index contributed by atoms with van der Waals surface area (Å²) in [5.74, 6) is -0.0152. The first-order chi connectivity index (χ1) is 13.9. The SMILES string of the molecule is Cc1ccc(S(=O)(=O)N2CCCC2C(=O)N2CCN(CCN3CCCC3)CC2)s1. The fourth-order valence-corrected chi connectivity index (χ4v) is 7.70. The summed E-state index contributed by atoms with van der Waals surface area (Å²) in [5, 5.41) is 0. The molecule has 4 rings (SSSR count). The van der Waals surface area contributed by atoms with Crippen LogP contribution in [0.5, 0.6) is 0 Å². The molecule has 7 nitrogen and oxygen atoms in total. The van der Waals surface area contributed by atoms with Crippen LogP contribution in [0.25, 0.3) is 0 Å². The Hall–Kier alpha value is -1.00. The lowest BCUT2D eigenvalue weighted by molar-refractivity contribution is -0.136. The Morgan fingerprint density at radius 1 is 0.966 bits per heavy atom. The summed E-state index contributed by atoms with van der Waals surface area (Å²) in [6, 6.07) is 2.94. The number of hydrogen-bond donors (Lipinski definition) is 0. The Labute approximate surface area is 178 Å². The van der Waals surface area contributed by atoms with Crippen LogP contribution in [-0.4, -0.2) is 98.3 Å². The molecule has 0 aliphatic carbocycles. The molecule has 3 aliphatic rings. The Morgan fingerprint density at radius 2 is 1.62 bits per heavy atom. The molecule has 1 aromatic heterocycles. The van der Waals surface area contributed by atoms with Crippen LogP contribution in [0.1, 0.15) is 30.6 Å². The summed E-state index contributed by atoms with van der Waals surface area (Å²) in [6.45, 7) is 10.1. The van der Waals surface area contributed by atoms with Gasteiger partial charge in [0.15, 0.2) is 0 Å². The minimum atomic E-state index is -3.59. The summed E-state index contributed by atoms with van der Waals surface area (Å²) >= 11 is 1.28. The molecule has 3 saturated heterocycles. The average molecular weight is 441 g/mol. The van der Waals surface area contributed by atoms with Crippen molar-refractivity contribution in [2.45, 2.75) is 42.9 Å². The highest BCUT2D eigenvalue weighted by Crippen LogP contribution is 2.31. The fourth-order valence-electron chi connectivity index (χ4n) is 4.63. The molecule has 1 aromatic rings. The van der Waals surface area contributed by atoms with Crippen molar-refractivity contribution in [3.8, 4) is 0 Å². The van der Waals surface area contributed by atoms with Crippen molar-refractivity contribution in [3.63, 3.8) is 0 Å². The predicted molar refractivity (Wildman–Crippen MR) is 115 cm³/mol. The van der Waals surface area contributed by atoms with Gasteiger partial charge in [-0.15, -0.1) is 11.3 Å². The lowest BCUT2D eigenvalue weighted by Gasteiger charge is -2.37. The van der Waals surface area contributed by atoms with E-state index >= 15 is 0 Å². The van der Waals surface area contributed by atoms with Crippen LogP contribution >= 0.6 is 11.3 Å². The van der Waals surface area contributed by atoms with Gasteiger partial charge >= 0.3 is 0 Å². The monoisotopic (exact) mass is 440 g/mol. The summed E-state index contributed by atoms with van der Waals surface area (Å²) in [4.78, 5) is 21.0. The maximum atomic E-state index is 13.2. The van der Waals surface area contributed by atoms with Gasteiger partial charge in [0.2, 0.25) is 5.91 Å². The zero-order valence-electron chi connectivity index (χ0n) is 17.3. The molecule has 1 unspecified atom stereocenters. The quantitative estimate of drug-likeness (QED) is 0.670. The lowest BCUT2D eigenvalue weighted by Crippen LogP contribution is -2.55. The number of thiophene rings is 1. The van der Waals surface area contributed by atoms with Crippen LogP contribution in [0.4, 0.5) is 0 Å². The molecular formula is C20H32N4O3S2. The van der Waals surface area contributed by atoms with Crippen molar-refractivity contribution in [2.75, 3.05) is 58.9 Å². The van der Waals surface area contributed by atoms with E-state index < -0.39 is 16.1 Å². The standard InChI is InChI=1S/C20H32N4O3S2/c1-17-6-7-19(28-17)29(26,27)24-10-4-5-18(24)20(25)23-15-13-22(14-16-23)12-11-21-8-2-3-9-21/h6-7,18H,2-5,8-16H2,1H3. The molecule has 0 bridgehead atoms. The highest BCUT2D eigenvalue weighted by atomic mass is 32.2. The van der Waals surface area contributed by atoms with Crippen LogP contribution in [-0.2, 0) is 14.8 Å². The number of sulfonamides is 1. The summed E-state index contributed by atoms with van der Waals surface area (Å²) in [6.07, 6.45) is 4.00. The van der Waals surface area contributed by atoms with Gasteiger partial charge in [-0.3, -0.25) is 9.69 Å². The average Bonchev–Trinajstić information content (AvgIpc) is 3.47. The number of likely N-dealkylation sites (tertiary alicyclic amines) is 1.